The third-order valence-corrected chi connectivity index (χ3v) is 6.79. The van der Waals surface area contributed by atoms with Crippen LogP contribution in [-0.2, 0) is 0 Å². The zero-order valence-corrected chi connectivity index (χ0v) is 19.3. The summed E-state index contributed by atoms with van der Waals surface area (Å²) < 4.78 is 0.910. The van der Waals surface area contributed by atoms with Gasteiger partial charge in [-0.05, 0) is 47.5 Å². The fourth-order valence-corrected chi connectivity index (χ4v) is 4.95. The maximum Gasteiger partial charge on any atom is 0.251 e. The van der Waals surface area contributed by atoms with Gasteiger partial charge in [-0.1, -0.05) is 41.7 Å². The normalized spacial score (nSPS) is 12.2. The van der Waals surface area contributed by atoms with Crippen molar-refractivity contribution < 1.29 is 4.79 Å². The van der Waals surface area contributed by atoms with Gasteiger partial charge < -0.3 is 20.9 Å². The Morgan fingerprint density at radius 1 is 1.12 bits per heavy atom. The van der Waals surface area contributed by atoms with E-state index >= 15 is 0 Å². The zero-order valence-electron chi connectivity index (χ0n) is 18.5. The number of benzene rings is 3. The Morgan fingerprint density at radius 2 is 1.91 bits per heavy atom. The van der Waals surface area contributed by atoms with Crippen molar-refractivity contribution in [3.63, 3.8) is 0 Å². The lowest BCUT2D eigenvalue weighted by Crippen LogP contribution is -2.28. The molecule has 2 aromatic heterocycles. The van der Waals surface area contributed by atoms with Gasteiger partial charge in [0.25, 0.3) is 5.91 Å². The van der Waals surface area contributed by atoms with E-state index < -0.39 is 0 Å². The topological polar surface area (TPSA) is 87.0 Å². The van der Waals surface area contributed by atoms with E-state index in [9.17, 15) is 4.79 Å². The van der Waals surface area contributed by atoms with Gasteiger partial charge in [0.15, 0.2) is 5.13 Å². The maximum atomic E-state index is 13.0. The molecule has 3 aromatic carbocycles. The number of aromatic amines is 1. The number of rotatable bonds is 6. The number of nitrogen functional groups attached to an aromatic ring is 1. The predicted octanol–water partition coefficient (Wildman–Crippen LogP) is 4.99. The van der Waals surface area contributed by atoms with Gasteiger partial charge in [0.2, 0.25) is 0 Å². The van der Waals surface area contributed by atoms with Crippen molar-refractivity contribution in [1.82, 2.24) is 15.3 Å². The van der Waals surface area contributed by atoms with Gasteiger partial charge in [-0.25, -0.2) is 4.98 Å². The third kappa shape index (κ3) is 4.15. The summed E-state index contributed by atoms with van der Waals surface area (Å²) in [5.74, 6) is -0.109. The Bertz CT molecular complexity index is 1430. The first-order valence-corrected chi connectivity index (χ1v) is 11.6. The highest BCUT2D eigenvalue weighted by molar-refractivity contribution is 7.22. The average Bonchev–Trinajstić information content (AvgIpc) is 3.41. The van der Waals surface area contributed by atoms with Crippen molar-refractivity contribution in [3.8, 4) is 0 Å². The zero-order chi connectivity index (χ0) is 22.9. The minimum atomic E-state index is -0.112. The highest BCUT2D eigenvalue weighted by Crippen LogP contribution is 2.32. The van der Waals surface area contributed by atoms with Crippen molar-refractivity contribution in [3.05, 3.63) is 89.6 Å². The van der Waals surface area contributed by atoms with E-state index in [2.05, 4.69) is 56.6 Å². The predicted molar refractivity (Wildman–Crippen MR) is 137 cm³/mol. The summed E-state index contributed by atoms with van der Waals surface area (Å²) in [6.07, 6.45) is 2.05. The van der Waals surface area contributed by atoms with E-state index in [0.29, 0.717) is 17.2 Å². The maximum absolute atomic E-state index is 13.0. The number of nitrogens with two attached hydrogens (primary N) is 1. The molecule has 0 aliphatic carbocycles. The second-order valence-corrected chi connectivity index (χ2v) is 9.34. The molecule has 0 spiro atoms. The van der Waals surface area contributed by atoms with E-state index in [1.54, 1.807) is 6.07 Å². The number of para-hydroxylation sites is 1. The summed E-state index contributed by atoms with van der Waals surface area (Å²) in [5.41, 5.74) is 11.8. The summed E-state index contributed by atoms with van der Waals surface area (Å²) in [5, 5.41) is 4.81. The van der Waals surface area contributed by atoms with E-state index in [1.807, 2.05) is 44.6 Å². The van der Waals surface area contributed by atoms with Gasteiger partial charge >= 0.3 is 0 Å². The number of aromatic nitrogens is 2. The number of fused-ring (bicyclic) bond motifs is 2. The summed E-state index contributed by atoms with van der Waals surface area (Å²) in [7, 11) is 4.06. The number of thiazole rings is 1. The van der Waals surface area contributed by atoms with Crippen LogP contribution >= 0.6 is 11.3 Å². The number of amides is 1. The summed E-state index contributed by atoms with van der Waals surface area (Å²) >= 11 is 1.39. The molecule has 5 aromatic rings. The van der Waals surface area contributed by atoms with Crippen LogP contribution in [0.1, 0.15) is 27.4 Å². The molecule has 1 unspecified atom stereocenters. The molecule has 0 saturated carbocycles. The first kappa shape index (κ1) is 21.0. The average molecular weight is 456 g/mol. The van der Waals surface area contributed by atoms with Crippen molar-refractivity contribution in [2.45, 2.75) is 5.92 Å². The Labute approximate surface area is 196 Å². The van der Waals surface area contributed by atoms with Crippen LogP contribution in [0.2, 0.25) is 0 Å². The smallest absolute Gasteiger partial charge is 0.251 e. The van der Waals surface area contributed by atoms with Crippen molar-refractivity contribution in [2.24, 2.45) is 0 Å². The lowest BCUT2D eigenvalue weighted by atomic mass is 9.90. The number of carbonyl (C=O) groups excluding carboxylic acids is 1. The standard InChI is InChI=1S/C26H25N5OS/c1-31(2)18-10-7-16(8-11-18)20(21-15-28-22-6-4-3-5-19(21)22)14-29-25(32)17-9-12-23-24(13-17)33-26(27)30-23/h3-13,15,20,28H,14H2,1-2H3,(H2,27,30)(H,29,32). The van der Waals surface area contributed by atoms with Crippen molar-refractivity contribution in [2.75, 3.05) is 31.3 Å². The number of hydrogen-bond donors (Lipinski definition) is 3. The van der Waals surface area contributed by atoms with Crippen LogP contribution in [0.4, 0.5) is 10.8 Å². The molecule has 0 radical (unpaired) electrons. The Morgan fingerprint density at radius 3 is 2.70 bits per heavy atom. The van der Waals surface area contributed by atoms with E-state index in [4.69, 9.17) is 5.73 Å². The molecule has 0 aliphatic rings. The Balaban J connectivity index is 1.45. The second-order valence-electron chi connectivity index (χ2n) is 8.27. The van der Waals surface area contributed by atoms with Gasteiger partial charge in [0.1, 0.15) is 0 Å². The SMILES string of the molecule is CN(C)c1ccc(C(CNC(=O)c2ccc3nc(N)sc3c2)c2c[nH]c3ccccc23)cc1. The number of nitrogens with one attached hydrogen (secondary N) is 2. The molecule has 1 atom stereocenters. The number of H-pyrrole nitrogens is 1. The molecule has 0 bridgehead atoms. The summed E-state index contributed by atoms with van der Waals surface area (Å²) in [4.78, 5) is 22.8. The third-order valence-electron chi connectivity index (χ3n) is 5.94. The molecule has 5 rings (SSSR count). The minimum absolute atomic E-state index is 0.00379. The number of carbonyl (C=O) groups is 1. The molecular formula is C26H25N5OS. The van der Waals surface area contributed by atoms with Crippen LogP contribution in [0, 0.1) is 0 Å². The Hall–Kier alpha value is -3.84. The van der Waals surface area contributed by atoms with Crippen LogP contribution in [0.5, 0.6) is 0 Å². The van der Waals surface area contributed by atoms with E-state index in [1.165, 1.54) is 11.3 Å². The molecule has 1 amide bonds. The van der Waals surface area contributed by atoms with Crippen molar-refractivity contribution in [1.29, 1.82) is 0 Å². The summed E-state index contributed by atoms with van der Waals surface area (Å²) in [6.45, 7) is 0.477. The summed E-state index contributed by atoms with van der Waals surface area (Å²) in [6, 6.07) is 22.2. The van der Waals surface area contributed by atoms with Crippen LogP contribution in [0.3, 0.4) is 0 Å². The molecular weight excluding hydrogens is 430 g/mol. The van der Waals surface area contributed by atoms with Gasteiger partial charge in [0, 0.05) is 54.9 Å². The van der Waals surface area contributed by atoms with Gasteiger partial charge in [-0.3, -0.25) is 4.79 Å². The van der Waals surface area contributed by atoms with Crippen LogP contribution in [-0.4, -0.2) is 36.5 Å². The monoisotopic (exact) mass is 455 g/mol. The van der Waals surface area contributed by atoms with E-state index in [-0.39, 0.29) is 11.8 Å². The van der Waals surface area contributed by atoms with Crippen LogP contribution in [0.15, 0.2) is 72.9 Å². The largest absolute Gasteiger partial charge is 0.378 e. The number of anilines is 2. The fourth-order valence-electron chi connectivity index (χ4n) is 4.17. The molecule has 166 valence electrons. The van der Waals surface area contributed by atoms with Crippen LogP contribution in [0.25, 0.3) is 21.1 Å². The highest BCUT2D eigenvalue weighted by Gasteiger charge is 2.20. The molecule has 0 saturated heterocycles. The van der Waals surface area contributed by atoms with Gasteiger partial charge in [-0.2, -0.15) is 0 Å². The number of hydrogen-bond acceptors (Lipinski definition) is 5. The molecule has 33 heavy (non-hydrogen) atoms. The molecule has 0 aliphatic heterocycles. The first-order chi connectivity index (χ1) is 16.0. The molecule has 2 heterocycles. The van der Waals surface area contributed by atoms with Gasteiger partial charge in [-0.15, -0.1) is 0 Å². The van der Waals surface area contributed by atoms with Gasteiger partial charge in [0.05, 0.1) is 10.2 Å². The first-order valence-electron chi connectivity index (χ1n) is 10.8. The molecule has 6 nitrogen and oxygen atoms in total. The highest BCUT2D eigenvalue weighted by atomic mass is 32.1. The van der Waals surface area contributed by atoms with E-state index in [0.717, 1.165) is 37.9 Å². The van der Waals surface area contributed by atoms with Crippen molar-refractivity contribution >= 4 is 49.2 Å². The van der Waals surface area contributed by atoms with Crippen LogP contribution < -0.4 is 16.0 Å². The quantitative estimate of drug-likeness (QED) is 0.337. The molecule has 7 heteroatoms. The molecule has 0 fully saturated rings. The Kier molecular flexibility index (Phi) is 5.48. The second kappa shape index (κ2) is 8.60. The molecule has 4 N–H and O–H groups in total. The lowest BCUT2D eigenvalue weighted by Gasteiger charge is -2.20. The fraction of sp³-hybridized carbons (Fsp3) is 0.154. The number of nitrogens with zero attached hydrogens (tertiary/aromatic N) is 2. The minimum Gasteiger partial charge on any atom is -0.378 e. The lowest BCUT2D eigenvalue weighted by molar-refractivity contribution is 0.0952.